The van der Waals surface area contributed by atoms with Crippen molar-refractivity contribution < 1.29 is 9.78 Å². The number of carbonyl (C=O) groups excluding carboxylic acids is 1. The zero-order valence-electron chi connectivity index (χ0n) is 21.7. The zero-order valence-corrected chi connectivity index (χ0v) is 21.7. The molecule has 2 saturated heterocycles. The topological polar surface area (TPSA) is 101 Å². The highest BCUT2D eigenvalue weighted by molar-refractivity contribution is 5.99. The summed E-state index contributed by atoms with van der Waals surface area (Å²) < 4.78 is 0. The molecule has 0 bridgehead atoms. The van der Waals surface area contributed by atoms with Gasteiger partial charge < -0.3 is 15.5 Å². The molecule has 2 aromatic rings. The molecule has 3 N–H and O–H groups in total. The Morgan fingerprint density at radius 1 is 1.22 bits per heavy atom. The lowest BCUT2D eigenvalue weighted by Crippen LogP contribution is -2.47. The zero-order chi connectivity index (χ0) is 25.5. The van der Waals surface area contributed by atoms with Gasteiger partial charge in [-0.3, -0.25) is 14.8 Å². The maximum atomic E-state index is 13.4. The van der Waals surface area contributed by atoms with Gasteiger partial charge in [-0.25, -0.2) is 9.97 Å². The molecule has 190 valence electrons. The van der Waals surface area contributed by atoms with Crippen molar-refractivity contribution in [3.8, 4) is 0 Å². The number of likely N-dealkylation sites (tertiary alicyclic amines) is 2. The molecule has 2 fully saturated rings. The number of nitrogens with two attached hydrogens (primary N) is 1. The lowest BCUT2D eigenvalue weighted by atomic mass is 9.98. The second-order valence-corrected chi connectivity index (χ2v) is 9.63. The summed E-state index contributed by atoms with van der Waals surface area (Å²) in [6.45, 7) is 7.23. The number of carbonyl (C=O) groups is 1. The van der Waals surface area contributed by atoms with Crippen molar-refractivity contribution in [3.63, 3.8) is 0 Å². The van der Waals surface area contributed by atoms with Crippen LogP contribution in [0.15, 0.2) is 64.4 Å². The number of hydrogen-bond donors (Lipinski definition) is 1. The third kappa shape index (κ3) is 6.05. The van der Waals surface area contributed by atoms with E-state index in [1.165, 1.54) is 0 Å². The van der Waals surface area contributed by atoms with Gasteiger partial charge in [0.05, 0.1) is 23.5 Å². The summed E-state index contributed by atoms with van der Waals surface area (Å²) in [5.74, 6) is 0.982. The van der Waals surface area contributed by atoms with E-state index >= 15 is 0 Å². The van der Waals surface area contributed by atoms with Gasteiger partial charge in [0, 0.05) is 44.5 Å². The first-order valence-corrected chi connectivity index (χ1v) is 12.9. The molecule has 2 aliphatic rings. The number of hydrogen-bond acceptors (Lipinski definition) is 5. The van der Waals surface area contributed by atoms with Crippen molar-refractivity contribution >= 4 is 28.4 Å². The molecule has 0 saturated carbocycles. The van der Waals surface area contributed by atoms with Gasteiger partial charge in [-0.05, 0) is 57.2 Å². The lowest BCUT2D eigenvalue weighted by molar-refractivity contribution is -0.375. The second-order valence-electron chi connectivity index (χ2n) is 9.63. The molecule has 4 rings (SSSR count). The predicted molar refractivity (Wildman–Crippen MR) is 145 cm³/mol. The van der Waals surface area contributed by atoms with Crippen molar-refractivity contribution in [2.45, 2.75) is 51.6 Å². The Labute approximate surface area is 213 Å². The first-order valence-electron chi connectivity index (χ1n) is 12.9. The van der Waals surface area contributed by atoms with Gasteiger partial charge in [0.15, 0.2) is 12.4 Å². The van der Waals surface area contributed by atoms with Crippen LogP contribution in [-0.4, -0.2) is 77.5 Å². The largest absolute Gasteiger partial charge is 0.355 e. The summed E-state index contributed by atoms with van der Waals surface area (Å²) in [5, 5.41) is 0.986. The van der Waals surface area contributed by atoms with Gasteiger partial charge in [-0.1, -0.05) is 18.2 Å². The molecule has 0 radical (unpaired) electrons. The smallest absolute Gasteiger partial charge is 0.273 e. The first-order chi connectivity index (χ1) is 17.5. The molecule has 0 aliphatic carbocycles. The quantitative estimate of drug-likeness (QED) is 0.384. The highest BCUT2D eigenvalue weighted by Crippen LogP contribution is 2.21. The van der Waals surface area contributed by atoms with E-state index in [4.69, 9.17) is 10.7 Å². The highest BCUT2D eigenvalue weighted by atomic mass is 16.2. The fourth-order valence-electron chi connectivity index (χ4n) is 5.08. The SMILES string of the molecule is CN=C(/C(C)=C\C=C\CN=C(C)[C@@H]1CCCCN1C(=O)c1ccc2c[nH+]ccc2n1)N1CC[C@H](N)C1. The molecule has 8 nitrogen and oxygen atoms in total. The Morgan fingerprint density at radius 3 is 2.86 bits per heavy atom. The number of aliphatic imine (C=N–C) groups is 2. The maximum absolute atomic E-state index is 13.4. The first kappa shape index (κ1) is 25.7. The summed E-state index contributed by atoms with van der Waals surface area (Å²) in [4.78, 5) is 34.5. The monoisotopic (exact) mass is 488 g/mol. The second kappa shape index (κ2) is 12.0. The van der Waals surface area contributed by atoms with E-state index in [1.54, 1.807) is 0 Å². The molecule has 8 heteroatoms. The maximum Gasteiger partial charge on any atom is 0.273 e. The molecule has 0 spiro atoms. The molecule has 36 heavy (non-hydrogen) atoms. The molecule has 0 aromatic carbocycles. The van der Waals surface area contributed by atoms with E-state index in [1.807, 2.05) is 61.6 Å². The van der Waals surface area contributed by atoms with Crippen LogP contribution in [0.5, 0.6) is 0 Å². The average molecular weight is 489 g/mol. The van der Waals surface area contributed by atoms with Gasteiger partial charge in [0.2, 0.25) is 0 Å². The fourth-order valence-corrected chi connectivity index (χ4v) is 5.08. The number of amidine groups is 1. The van der Waals surface area contributed by atoms with E-state index < -0.39 is 0 Å². The van der Waals surface area contributed by atoms with Gasteiger partial charge in [0.1, 0.15) is 11.5 Å². The van der Waals surface area contributed by atoms with E-state index in [9.17, 15) is 4.79 Å². The van der Waals surface area contributed by atoms with Crippen molar-refractivity contribution in [1.29, 1.82) is 0 Å². The Morgan fingerprint density at radius 2 is 2.08 bits per heavy atom. The van der Waals surface area contributed by atoms with Crippen molar-refractivity contribution in [3.05, 3.63) is 60.1 Å². The van der Waals surface area contributed by atoms with Crippen molar-refractivity contribution in [1.82, 2.24) is 14.8 Å². The van der Waals surface area contributed by atoms with E-state index in [-0.39, 0.29) is 18.0 Å². The summed E-state index contributed by atoms with van der Waals surface area (Å²) in [7, 11) is 1.83. The number of pyridine rings is 2. The van der Waals surface area contributed by atoms with Crippen LogP contribution in [-0.2, 0) is 0 Å². The Kier molecular flexibility index (Phi) is 8.59. The van der Waals surface area contributed by atoms with Gasteiger partial charge >= 0.3 is 0 Å². The number of nitrogens with one attached hydrogen (secondary N) is 1. The van der Waals surface area contributed by atoms with Gasteiger partial charge in [-0.2, -0.15) is 0 Å². The number of aromatic nitrogens is 2. The summed E-state index contributed by atoms with van der Waals surface area (Å²) >= 11 is 0. The number of allylic oxidation sites excluding steroid dienone is 2. The van der Waals surface area contributed by atoms with E-state index in [2.05, 4.69) is 32.9 Å². The molecule has 4 heterocycles. The summed E-state index contributed by atoms with van der Waals surface area (Å²) in [6, 6.07) is 5.89. The molecule has 0 unspecified atom stereocenters. The molecular weight excluding hydrogens is 450 g/mol. The number of aromatic amines is 1. The van der Waals surface area contributed by atoms with Gasteiger partial charge in [0.25, 0.3) is 5.91 Å². The van der Waals surface area contributed by atoms with Crippen LogP contribution >= 0.6 is 0 Å². The number of H-pyrrole nitrogens is 1. The van der Waals surface area contributed by atoms with Crippen LogP contribution < -0.4 is 10.7 Å². The normalized spacial score (nSPS) is 22.2. The Hall–Kier alpha value is -3.39. The highest BCUT2D eigenvalue weighted by Gasteiger charge is 2.30. The number of rotatable bonds is 6. The number of piperidine rings is 1. The molecule has 1 amide bonds. The van der Waals surface area contributed by atoms with Crippen LogP contribution in [0.4, 0.5) is 0 Å². The van der Waals surface area contributed by atoms with Crippen LogP contribution in [0, 0.1) is 0 Å². The average Bonchev–Trinajstić information content (AvgIpc) is 3.33. The van der Waals surface area contributed by atoms with Crippen LogP contribution in [0.3, 0.4) is 0 Å². The van der Waals surface area contributed by atoms with Crippen LogP contribution in [0.1, 0.15) is 50.0 Å². The summed E-state index contributed by atoms with van der Waals surface area (Å²) in [5.41, 5.74) is 9.47. The number of nitrogens with zero attached hydrogens (tertiary/aromatic N) is 5. The standard InChI is InChI=1S/C28H37N7O/c1-20(27(30-3)34-17-13-23(29)19-34)8-4-6-14-32-21(2)26-9-5-7-16-35(26)28(36)25-11-10-22-18-31-15-12-24(22)33-25/h4,6,8,10-12,15,18,23,26H,5,7,9,13-14,16-17,19,29H2,1-3H3/p+1/b6-4+,20-8-,30-27?,32-21?/t23-,26-/m0/s1. The number of amides is 1. The number of fused-ring (bicyclic) bond motifs is 1. The predicted octanol–water partition coefficient (Wildman–Crippen LogP) is 3.07. The fraction of sp³-hybridized carbons (Fsp3) is 0.464. The van der Waals surface area contributed by atoms with Gasteiger partial charge in [-0.15, -0.1) is 0 Å². The Bertz CT molecular complexity index is 1200. The van der Waals surface area contributed by atoms with Crippen LogP contribution in [0.2, 0.25) is 0 Å². The summed E-state index contributed by atoms with van der Waals surface area (Å²) in [6.07, 6.45) is 13.9. The minimum absolute atomic E-state index is 0.0109. The molecule has 2 aromatic heterocycles. The molecule has 2 aliphatic heterocycles. The van der Waals surface area contributed by atoms with Crippen molar-refractivity contribution in [2.24, 2.45) is 15.7 Å². The molecule has 2 atom stereocenters. The van der Waals surface area contributed by atoms with E-state index in [0.717, 1.165) is 73.3 Å². The van der Waals surface area contributed by atoms with Crippen LogP contribution in [0.25, 0.3) is 10.9 Å². The Balaban J connectivity index is 1.39. The third-order valence-corrected chi connectivity index (χ3v) is 7.02. The molecular formula is C28H38N7O+. The minimum Gasteiger partial charge on any atom is -0.355 e. The third-order valence-electron chi connectivity index (χ3n) is 7.02. The lowest BCUT2D eigenvalue weighted by Gasteiger charge is -2.35. The van der Waals surface area contributed by atoms with E-state index in [0.29, 0.717) is 12.2 Å². The van der Waals surface area contributed by atoms with Crippen molar-refractivity contribution in [2.75, 3.05) is 33.2 Å². The minimum atomic E-state index is -0.0221.